The lowest BCUT2D eigenvalue weighted by atomic mass is 10.1. The molecule has 0 saturated heterocycles. The van der Waals surface area contributed by atoms with Crippen molar-refractivity contribution in [3.05, 3.63) is 51.7 Å². The lowest BCUT2D eigenvalue weighted by Gasteiger charge is -2.01. The van der Waals surface area contributed by atoms with E-state index in [1.165, 1.54) is 11.3 Å². The van der Waals surface area contributed by atoms with Gasteiger partial charge in [-0.3, -0.25) is 9.59 Å². The van der Waals surface area contributed by atoms with E-state index in [2.05, 4.69) is 10.3 Å². The Morgan fingerprint density at radius 2 is 2.14 bits per heavy atom. The van der Waals surface area contributed by atoms with Gasteiger partial charge in [-0.25, -0.2) is 4.98 Å². The molecule has 0 radical (unpaired) electrons. The predicted octanol–water partition coefficient (Wildman–Crippen LogP) is 2.23. The van der Waals surface area contributed by atoms with E-state index >= 15 is 0 Å². The molecule has 0 unspecified atom stereocenters. The molecule has 2 aromatic heterocycles. The molecule has 0 fully saturated rings. The Labute approximate surface area is 129 Å². The van der Waals surface area contributed by atoms with Crippen molar-refractivity contribution < 1.29 is 14.0 Å². The van der Waals surface area contributed by atoms with Gasteiger partial charge in [0.2, 0.25) is 0 Å². The molecule has 0 aliphatic heterocycles. The number of nitrogens with two attached hydrogens (primary N) is 1. The fraction of sp³-hybridized carbons (Fsp3) is 0.133. The van der Waals surface area contributed by atoms with Gasteiger partial charge in [-0.15, -0.1) is 11.3 Å². The minimum absolute atomic E-state index is 0.203. The summed E-state index contributed by atoms with van der Waals surface area (Å²) >= 11 is 1.27. The Hall–Kier alpha value is -2.67. The van der Waals surface area contributed by atoms with E-state index in [9.17, 15) is 9.59 Å². The molecule has 6 nitrogen and oxygen atoms in total. The molecule has 7 heteroatoms. The molecule has 0 bridgehead atoms. The summed E-state index contributed by atoms with van der Waals surface area (Å²) in [6.45, 7) is 2.06. The molecule has 3 aromatic rings. The van der Waals surface area contributed by atoms with Crippen molar-refractivity contribution >= 4 is 34.1 Å². The number of amides is 2. The summed E-state index contributed by atoms with van der Waals surface area (Å²) in [5.41, 5.74) is 6.82. The van der Waals surface area contributed by atoms with Crippen LogP contribution in [0.4, 0.5) is 0 Å². The largest absolute Gasteiger partial charge is 0.451 e. The van der Waals surface area contributed by atoms with Gasteiger partial charge >= 0.3 is 0 Å². The third-order valence-corrected chi connectivity index (χ3v) is 4.10. The molecular weight excluding hydrogens is 302 g/mol. The van der Waals surface area contributed by atoms with Gasteiger partial charge in [0, 0.05) is 16.3 Å². The zero-order chi connectivity index (χ0) is 15.7. The number of primary amides is 1. The molecule has 22 heavy (non-hydrogen) atoms. The highest BCUT2D eigenvalue weighted by Gasteiger charge is 2.17. The first-order valence-electron chi connectivity index (χ1n) is 6.57. The average molecular weight is 315 g/mol. The van der Waals surface area contributed by atoms with Gasteiger partial charge in [-0.2, -0.15) is 0 Å². The molecule has 0 aliphatic carbocycles. The zero-order valence-corrected chi connectivity index (χ0v) is 12.6. The fourth-order valence-electron chi connectivity index (χ4n) is 2.13. The SMILES string of the molecule is Cc1c(C(=O)NCc2nc(C(N)=O)cs2)oc2ccccc12. The van der Waals surface area contributed by atoms with E-state index in [-0.39, 0.29) is 23.9 Å². The lowest BCUT2D eigenvalue weighted by Crippen LogP contribution is -2.23. The molecule has 112 valence electrons. The molecular formula is C15H13N3O3S. The van der Waals surface area contributed by atoms with Crippen LogP contribution in [0, 0.1) is 6.92 Å². The van der Waals surface area contributed by atoms with Crippen molar-refractivity contribution in [2.75, 3.05) is 0 Å². The van der Waals surface area contributed by atoms with Crippen LogP contribution in [0.3, 0.4) is 0 Å². The smallest absolute Gasteiger partial charge is 0.287 e. The van der Waals surface area contributed by atoms with Gasteiger partial charge in [-0.1, -0.05) is 18.2 Å². The Morgan fingerprint density at radius 1 is 1.36 bits per heavy atom. The Kier molecular flexibility index (Phi) is 3.64. The highest BCUT2D eigenvalue weighted by atomic mass is 32.1. The Bertz CT molecular complexity index is 866. The maximum atomic E-state index is 12.2. The minimum Gasteiger partial charge on any atom is -0.451 e. The van der Waals surface area contributed by atoms with Gasteiger partial charge in [0.15, 0.2) is 5.76 Å². The number of furan rings is 1. The summed E-state index contributed by atoms with van der Waals surface area (Å²) in [7, 11) is 0. The van der Waals surface area contributed by atoms with Crippen LogP contribution in [0.5, 0.6) is 0 Å². The summed E-state index contributed by atoms with van der Waals surface area (Å²) in [6.07, 6.45) is 0. The number of nitrogens with zero attached hydrogens (tertiary/aromatic N) is 1. The van der Waals surface area contributed by atoms with Crippen LogP contribution >= 0.6 is 11.3 Å². The standard InChI is InChI=1S/C15H13N3O3S/c1-8-9-4-2-3-5-11(9)21-13(8)15(20)17-6-12-18-10(7-22-12)14(16)19/h2-5,7H,6H2,1H3,(H2,16,19)(H,17,20). The number of hydrogen-bond acceptors (Lipinski definition) is 5. The number of benzene rings is 1. The van der Waals surface area contributed by atoms with E-state index in [0.717, 1.165) is 10.9 Å². The minimum atomic E-state index is -0.582. The first-order chi connectivity index (χ1) is 10.6. The highest BCUT2D eigenvalue weighted by Crippen LogP contribution is 2.24. The summed E-state index contributed by atoms with van der Waals surface area (Å²) in [5.74, 6) is -0.612. The molecule has 2 amide bonds. The summed E-state index contributed by atoms with van der Waals surface area (Å²) < 4.78 is 5.59. The Morgan fingerprint density at radius 3 is 2.82 bits per heavy atom. The second-order valence-corrected chi connectivity index (χ2v) is 5.67. The first-order valence-corrected chi connectivity index (χ1v) is 7.44. The number of rotatable bonds is 4. The zero-order valence-electron chi connectivity index (χ0n) is 11.8. The molecule has 2 heterocycles. The van der Waals surface area contributed by atoms with Gasteiger partial charge in [0.25, 0.3) is 11.8 Å². The molecule has 0 saturated carbocycles. The molecule has 0 atom stereocenters. The number of carbonyl (C=O) groups is 2. The van der Waals surface area contributed by atoms with Crippen molar-refractivity contribution in [2.24, 2.45) is 5.73 Å². The Balaban J connectivity index is 1.75. The first kappa shape index (κ1) is 14.3. The number of hydrogen-bond donors (Lipinski definition) is 2. The molecule has 3 rings (SSSR count). The van der Waals surface area contributed by atoms with Crippen molar-refractivity contribution in [1.29, 1.82) is 0 Å². The summed E-state index contributed by atoms with van der Waals surface area (Å²) in [4.78, 5) is 27.3. The topological polar surface area (TPSA) is 98.2 Å². The maximum absolute atomic E-state index is 12.2. The number of aryl methyl sites for hydroxylation is 1. The lowest BCUT2D eigenvalue weighted by molar-refractivity contribution is 0.0924. The number of carbonyl (C=O) groups excluding carboxylic acids is 2. The monoisotopic (exact) mass is 315 g/mol. The van der Waals surface area contributed by atoms with Gasteiger partial charge < -0.3 is 15.5 Å². The number of thiazole rings is 1. The molecule has 3 N–H and O–H groups in total. The van der Waals surface area contributed by atoms with Crippen molar-refractivity contribution in [3.63, 3.8) is 0 Å². The van der Waals surface area contributed by atoms with Crippen molar-refractivity contribution in [1.82, 2.24) is 10.3 Å². The number of nitrogens with one attached hydrogen (secondary N) is 1. The predicted molar refractivity (Wildman–Crippen MR) is 82.8 cm³/mol. The number of aromatic nitrogens is 1. The van der Waals surface area contributed by atoms with Crippen molar-refractivity contribution in [2.45, 2.75) is 13.5 Å². The van der Waals surface area contributed by atoms with E-state index in [1.807, 2.05) is 31.2 Å². The third kappa shape index (κ3) is 2.58. The second kappa shape index (κ2) is 5.61. The van der Waals surface area contributed by atoms with Gasteiger partial charge in [0.05, 0.1) is 6.54 Å². The van der Waals surface area contributed by atoms with E-state index in [1.54, 1.807) is 5.38 Å². The molecule has 0 spiro atoms. The number of para-hydroxylation sites is 1. The third-order valence-electron chi connectivity index (χ3n) is 3.25. The molecule has 0 aliphatic rings. The normalized spacial score (nSPS) is 10.8. The summed E-state index contributed by atoms with van der Waals surface area (Å²) in [6, 6.07) is 7.48. The number of fused-ring (bicyclic) bond motifs is 1. The van der Waals surface area contributed by atoms with Crippen LogP contribution in [0.15, 0.2) is 34.1 Å². The van der Waals surface area contributed by atoms with Gasteiger partial charge in [0.1, 0.15) is 16.3 Å². The van der Waals surface area contributed by atoms with Crippen LogP contribution in [0.25, 0.3) is 11.0 Å². The van der Waals surface area contributed by atoms with E-state index in [0.29, 0.717) is 10.6 Å². The van der Waals surface area contributed by atoms with Crippen LogP contribution in [-0.4, -0.2) is 16.8 Å². The van der Waals surface area contributed by atoms with Crippen LogP contribution in [0.1, 0.15) is 31.6 Å². The fourth-order valence-corrected chi connectivity index (χ4v) is 2.86. The quantitative estimate of drug-likeness (QED) is 0.771. The van der Waals surface area contributed by atoms with Crippen molar-refractivity contribution in [3.8, 4) is 0 Å². The summed E-state index contributed by atoms with van der Waals surface area (Å²) in [5, 5.41) is 5.82. The highest BCUT2D eigenvalue weighted by molar-refractivity contribution is 7.09. The van der Waals surface area contributed by atoms with Crippen LogP contribution in [-0.2, 0) is 6.54 Å². The van der Waals surface area contributed by atoms with Crippen LogP contribution < -0.4 is 11.1 Å². The maximum Gasteiger partial charge on any atom is 0.287 e. The second-order valence-electron chi connectivity index (χ2n) is 4.73. The average Bonchev–Trinajstić information content (AvgIpc) is 3.11. The van der Waals surface area contributed by atoms with Crippen LogP contribution in [0.2, 0.25) is 0 Å². The van der Waals surface area contributed by atoms with E-state index in [4.69, 9.17) is 10.2 Å². The van der Waals surface area contributed by atoms with Gasteiger partial charge in [-0.05, 0) is 13.0 Å². The van der Waals surface area contributed by atoms with E-state index < -0.39 is 5.91 Å². The molecule has 1 aromatic carbocycles.